The van der Waals surface area contributed by atoms with Crippen molar-refractivity contribution in [1.29, 1.82) is 0 Å². The molecular formula is C13H11BrO. The summed E-state index contributed by atoms with van der Waals surface area (Å²) in [4.78, 5) is 0. The third-order valence-electron chi connectivity index (χ3n) is 2.06. The third-order valence-corrected chi connectivity index (χ3v) is 2.59. The van der Waals surface area contributed by atoms with Crippen LogP contribution in [-0.2, 0) is 6.61 Å². The van der Waals surface area contributed by atoms with Crippen LogP contribution in [0.25, 0.3) is 0 Å². The molecule has 76 valence electrons. The van der Waals surface area contributed by atoms with Gasteiger partial charge < -0.3 is 4.74 Å². The fourth-order valence-electron chi connectivity index (χ4n) is 1.27. The molecule has 0 atom stereocenters. The van der Waals surface area contributed by atoms with Gasteiger partial charge in [0, 0.05) is 4.47 Å². The Hall–Kier alpha value is -1.28. The van der Waals surface area contributed by atoms with Crippen LogP contribution in [0.4, 0.5) is 0 Å². The molecule has 0 spiro atoms. The minimum absolute atomic E-state index is 0.614. The SMILES string of the molecule is Br[13c]1[13cH][13cH][13c](OCc2ccccc2)[13cH][13cH]1. The van der Waals surface area contributed by atoms with Crippen molar-refractivity contribution >= 4 is 15.9 Å². The molecule has 0 N–H and O–H groups in total. The molecule has 0 unspecified atom stereocenters. The largest absolute Gasteiger partial charge is 0.489 e. The van der Waals surface area contributed by atoms with Crippen molar-refractivity contribution in [2.45, 2.75) is 6.61 Å². The van der Waals surface area contributed by atoms with Gasteiger partial charge in [0.2, 0.25) is 0 Å². The third kappa shape index (κ3) is 3.10. The van der Waals surface area contributed by atoms with Gasteiger partial charge in [-0.1, -0.05) is 46.3 Å². The highest BCUT2D eigenvalue weighted by Gasteiger charge is 1.94. The van der Waals surface area contributed by atoms with E-state index in [-0.39, 0.29) is 0 Å². The average molecular weight is 269 g/mol. The molecule has 0 aliphatic carbocycles. The average Bonchev–Trinajstić information content (AvgIpc) is 2.30. The summed E-state index contributed by atoms with van der Waals surface area (Å²) in [7, 11) is 0. The van der Waals surface area contributed by atoms with E-state index in [1.165, 1.54) is 5.56 Å². The standard InChI is InChI=1S/C13H11BrO/c14-12-6-8-13(9-7-12)15-10-11-4-2-1-3-5-11/h1-9H,10H2/i6+1,7+1,8+1,9+1,12+1,13+1. The number of benzene rings is 2. The van der Waals surface area contributed by atoms with Crippen LogP contribution in [0.3, 0.4) is 0 Å². The second kappa shape index (κ2) is 4.99. The van der Waals surface area contributed by atoms with Gasteiger partial charge in [-0.2, -0.15) is 0 Å². The Kier molecular flexibility index (Phi) is 3.41. The number of rotatable bonds is 3. The quantitative estimate of drug-likeness (QED) is 0.817. The van der Waals surface area contributed by atoms with E-state index in [1.54, 1.807) is 0 Å². The topological polar surface area (TPSA) is 9.23 Å². The van der Waals surface area contributed by atoms with E-state index in [9.17, 15) is 0 Å². The first-order chi connectivity index (χ1) is 7.34. The predicted octanol–water partition coefficient (Wildman–Crippen LogP) is 4.03. The summed E-state index contributed by atoms with van der Waals surface area (Å²) >= 11 is 3.39. The Labute approximate surface area is 97.8 Å². The maximum atomic E-state index is 5.63. The molecule has 0 aromatic heterocycles. The lowest BCUT2D eigenvalue weighted by Crippen LogP contribution is -1.94. The lowest BCUT2D eigenvalue weighted by Gasteiger charge is -2.05. The summed E-state index contributed by atoms with van der Waals surface area (Å²) in [5.74, 6) is 0.891. The first kappa shape index (κ1) is 10.2. The molecule has 1 nitrogen and oxygen atoms in total. The molecule has 0 saturated carbocycles. The maximum absolute atomic E-state index is 5.63. The van der Waals surface area contributed by atoms with E-state index in [0.29, 0.717) is 6.61 Å². The van der Waals surface area contributed by atoms with E-state index in [1.807, 2.05) is 42.5 Å². The minimum atomic E-state index is 0.614. The molecule has 0 radical (unpaired) electrons. The first-order valence-corrected chi connectivity index (χ1v) is 5.56. The Bertz CT molecular complexity index is 408. The van der Waals surface area contributed by atoms with Gasteiger partial charge in [0.05, 0.1) is 0 Å². The van der Waals surface area contributed by atoms with Crippen molar-refractivity contribution in [1.82, 2.24) is 0 Å². The molecule has 2 aromatic rings. The maximum Gasteiger partial charge on any atom is 0.119 e. The van der Waals surface area contributed by atoms with Gasteiger partial charge in [-0.25, -0.2) is 0 Å². The zero-order chi connectivity index (χ0) is 10.5. The molecule has 0 heterocycles. The number of hydrogen-bond donors (Lipinski definition) is 0. The summed E-state index contributed by atoms with van der Waals surface area (Å²) in [5, 5.41) is 0. The van der Waals surface area contributed by atoms with Gasteiger partial charge in [-0.15, -0.1) is 0 Å². The zero-order valence-corrected chi connectivity index (χ0v) is 9.78. The molecule has 0 fully saturated rings. The molecule has 0 saturated heterocycles. The Balaban J connectivity index is 1.96. The van der Waals surface area contributed by atoms with Crippen molar-refractivity contribution in [3.05, 3.63) is 64.6 Å². The number of halogens is 1. The number of hydrogen-bond acceptors (Lipinski definition) is 1. The zero-order valence-electron chi connectivity index (χ0n) is 8.19. The van der Waals surface area contributed by atoms with E-state index in [4.69, 9.17) is 4.74 Å². The van der Waals surface area contributed by atoms with Crippen molar-refractivity contribution in [2.24, 2.45) is 0 Å². The van der Waals surface area contributed by atoms with Crippen LogP contribution in [0.1, 0.15) is 5.56 Å². The molecule has 0 bridgehead atoms. The van der Waals surface area contributed by atoms with Crippen LogP contribution < -0.4 is 4.74 Å². The highest BCUT2D eigenvalue weighted by Crippen LogP contribution is 2.17. The summed E-state index contributed by atoms with van der Waals surface area (Å²) in [5.41, 5.74) is 1.18. The van der Waals surface area contributed by atoms with Crippen LogP contribution in [-0.4, -0.2) is 0 Å². The summed E-state index contributed by atoms with van der Waals surface area (Å²) in [6, 6.07) is 18.0. The Morgan fingerprint density at radius 1 is 0.867 bits per heavy atom. The second-order valence-electron chi connectivity index (χ2n) is 3.23. The van der Waals surface area contributed by atoms with E-state index in [2.05, 4.69) is 28.1 Å². The molecule has 0 amide bonds. The van der Waals surface area contributed by atoms with Gasteiger partial charge in [-0.05, 0) is 29.8 Å². The van der Waals surface area contributed by atoms with Gasteiger partial charge >= 0.3 is 0 Å². The minimum Gasteiger partial charge on any atom is -0.489 e. The summed E-state index contributed by atoms with van der Waals surface area (Å²) in [6.45, 7) is 0.614. The van der Waals surface area contributed by atoms with Crippen LogP contribution in [0.5, 0.6) is 5.75 Å². The van der Waals surface area contributed by atoms with Crippen LogP contribution in [0, 0.1) is 0 Å². The lowest BCUT2D eigenvalue weighted by molar-refractivity contribution is 0.306. The van der Waals surface area contributed by atoms with Gasteiger partial charge in [-0.3, -0.25) is 0 Å². The monoisotopic (exact) mass is 268 g/mol. The van der Waals surface area contributed by atoms with Crippen molar-refractivity contribution < 1.29 is 4.74 Å². The smallest absolute Gasteiger partial charge is 0.119 e. The number of ether oxygens (including phenoxy) is 1. The van der Waals surface area contributed by atoms with Crippen molar-refractivity contribution in [3.8, 4) is 5.75 Å². The van der Waals surface area contributed by atoms with E-state index in [0.717, 1.165) is 10.2 Å². The molecule has 0 aliphatic rings. The lowest BCUT2D eigenvalue weighted by atomic mass is 10.2. The van der Waals surface area contributed by atoms with Crippen LogP contribution in [0.15, 0.2) is 59.1 Å². The molecular weight excluding hydrogens is 258 g/mol. The molecule has 0 aliphatic heterocycles. The van der Waals surface area contributed by atoms with Gasteiger partial charge in [0.25, 0.3) is 0 Å². The second-order valence-corrected chi connectivity index (χ2v) is 4.14. The van der Waals surface area contributed by atoms with Crippen molar-refractivity contribution in [2.75, 3.05) is 0 Å². The normalized spacial score (nSPS) is 9.93. The highest BCUT2D eigenvalue weighted by molar-refractivity contribution is 9.10. The fraction of sp³-hybridized carbons (Fsp3) is 0.0769. The molecule has 2 rings (SSSR count). The summed E-state index contributed by atoms with van der Waals surface area (Å²) < 4.78 is 6.69. The van der Waals surface area contributed by atoms with Crippen LogP contribution >= 0.6 is 15.9 Å². The van der Waals surface area contributed by atoms with E-state index < -0.39 is 0 Å². The van der Waals surface area contributed by atoms with Gasteiger partial charge in [0.1, 0.15) is 12.4 Å². The Morgan fingerprint density at radius 3 is 2.20 bits per heavy atom. The first-order valence-electron chi connectivity index (χ1n) is 4.77. The molecule has 2 heteroatoms. The molecule has 2 aromatic carbocycles. The Morgan fingerprint density at radius 2 is 1.53 bits per heavy atom. The predicted molar refractivity (Wildman–Crippen MR) is 64.9 cm³/mol. The molecule has 15 heavy (non-hydrogen) atoms. The summed E-state index contributed by atoms with van der Waals surface area (Å²) in [6.07, 6.45) is 0. The van der Waals surface area contributed by atoms with Gasteiger partial charge in [0.15, 0.2) is 0 Å². The van der Waals surface area contributed by atoms with E-state index >= 15 is 0 Å². The van der Waals surface area contributed by atoms with Crippen LogP contribution in [0.2, 0.25) is 0 Å². The van der Waals surface area contributed by atoms with Crippen molar-refractivity contribution in [3.63, 3.8) is 0 Å². The fourth-order valence-corrected chi connectivity index (χ4v) is 1.54. The highest BCUT2D eigenvalue weighted by atomic mass is 79.9.